The maximum absolute atomic E-state index is 12.1. The van der Waals surface area contributed by atoms with Gasteiger partial charge in [-0.25, -0.2) is 19.2 Å². The quantitative estimate of drug-likeness (QED) is 0.331. The first kappa shape index (κ1) is 26.4. The average molecular weight is 544 g/mol. The maximum Gasteiger partial charge on any atom is 0.268 e. The van der Waals surface area contributed by atoms with Gasteiger partial charge in [-0.3, -0.25) is 9.59 Å². The van der Waals surface area contributed by atoms with E-state index >= 15 is 0 Å². The van der Waals surface area contributed by atoms with Gasteiger partial charge in [0.25, 0.3) is 11.8 Å². The number of rotatable bonds is 5. The first-order chi connectivity index (χ1) is 17.6. The smallest absolute Gasteiger partial charge is 0.268 e. The standard InChI is InChI=1S/C12H13ClN4OS.C12H17N5O/c1-15(17(19)9-5-3-2-4-6-9)16-8-7-10(13)11(16)12(14)18;1-7-3-4-17(5-7)10-9-8(14-12(13)15-10)6-16(2)11(9)18/h2-8,19H,1H3,(H2,14,18);7H,3-6H2,1-2H3,(H2,13,14,15). The summed E-state index contributed by atoms with van der Waals surface area (Å²) in [5.41, 5.74) is 13.5. The van der Waals surface area contributed by atoms with E-state index in [0.717, 1.165) is 36.7 Å². The van der Waals surface area contributed by atoms with Gasteiger partial charge in [-0.15, -0.1) is 0 Å². The van der Waals surface area contributed by atoms with E-state index in [1.54, 1.807) is 40.8 Å². The van der Waals surface area contributed by atoms with Crippen molar-refractivity contribution >= 4 is 53.7 Å². The molecule has 2 aromatic heterocycles. The van der Waals surface area contributed by atoms with Crippen LogP contribution in [0.15, 0.2) is 42.6 Å². The molecule has 5 rings (SSSR count). The maximum atomic E-state index is 12.1. The largest absolute Gasteiger partial charge is 0.368 e. The van der Waals surface area contributed by atoms with Crippen molar-refractivity contribution in [3.63, 3.8) is 0 Å². The van der Waals surface area contributed by atoms with Gasteiger partial charge in [-0.05, 0) is 43.4 Å². The van der Waals surface area contributed by atoms with Crippen LogP contribution in [0.2, 0.25) is 5.02 Å². The molecule has 2 amide bonds. The predicted octanol–water partition coefficient (Wildman–Crippen LogP) is 2.57. The number of anilines is 3. The van der Waals surface area contributed by atoms with Gasteiger partial charge < -0.3 is 21.3 Å². The molecule has 0 spiro atoms. The van der Waals surface area contributed by atoms with E-state index in [0.29, 0.717) is 23.0 Å². The fourth-order valence-corrected chi connectivity index (χ4v) is 4.84. The van der Waals surface area contributed by atoms with Gasteiger partial charge in [0, 0.05) is 33.4 Å². The van der Waals surface area contributed by atoms with E-state index in [9.17, 15) is 9.59 Å². The number of hydrogen-bond acceptors (Lipinski definition) is 9. The predicted molar refractivity (Wildman–Crippen MR) is 148 cm³/mol. The summed E-state index contributed by atoms with van der Waals surface area (Å²) in [4.78, 5) is 35.8. The Morgan fingerprint density at radius 3 is 2.54 bits per heavy atom. The fourth-order valence-electron chi connectivity index (χ4n) is 4.38. The van der Waals surface area contributed by atoms with Gasteiger partial charge in [0.15, 0.2) is 0 Å². The number of fused-ring (bicyclic) bond motifs is 1. The molecule has 1 aromatic carbocycles. The molecule has 1 atom stereocenters. The molecule has 4 heterocycles. The van der Waals surface area contributed by atoms with Crippen molar-refractivity contribution in [1.82, 2.24) is 19.5 Å². The minimum atomic E-state index is -0.600. The number of amides is 2. The van der Waals surface area contributed by atoms with Crippen LogP contribution in [0.4, 0.5) is 17.5 Å². The number of primary amides is 1. The Balaban J connectivity index is 0.000000173. The highest BCUT2D eigenvalue weighted by Crippen LogP contribution is 2.32. The summed E-state index contributed by atoms with van der Waals surface area (Å²) in [5.74, 6) is 1.00. The van der Waals surface area contributed by atoms with Crippen molar-refractivity contribution in [3.8, 4) is 0 Å². The third-order valence-electron chi connectivity index (χ3n) is 6.28. The molecule has 3 aromatic rings. The molecule has 196 valence electrons. The average Bonchev–Trinajstić information content (AvgIpc) is 3.55. The first-order valence-corrected chi connectivity index (χ1v) is 12.5. The number of thiol groups is 1. The lowest BCUT2D eigenvalue weighted by Gasteiger charge is -2.31. The second-order valence-electron chi connectivity index (χ2n) is 9.06. The van der Waals surface area contributed by atoms with E-state index in [4.69, 9.17) is 23.1 Å². The number of hydrazine groups is 1. The number of para-hydroxylation sites is 1. The van der Waals surface area contributed by atoms with Crippen molar-refractivity contribution in [2.45, 2.75) is 19.9 Å². The lowest BCUT2D eigenvalue weighted by atomic mass is 10.2. The molecule has 2 aliphatic heterocycles. The van der Waals surface area contributed by atoms with E-state index in [2.05, 4.69) is 34.6 Å². The number of nitrogens with two attached hydrogens (primary N) is 2. The van der Waals surface area contributed by atoms with Gasteiger partial charge in [0.05, 0.1) is 22.9 Å². The number of carbonyl (C=O) groups excluding carboxylic acids is 2. The van der Waals surface area contributed by atoms with Crippen molar-refractivity contribution in [2.75, 3.05) is 47.4 Å². The molecule has 1 fully saturated rings. The Morgan fingerprint density at radius 1 is 1.22 bits per heavy atom. The zero-order valence-corrected chi connectivity index (χ0v) is 22.5. The number of carbonyl (C=O) groups is 2. The summed E-state index contributed by atoms with van der Waals surface area (Å²) in [5, 5.41) is 1.92. The van der Waals surface area contributed by atoms with Gasteiger partial charge in [-0.1, -0.05) is 36.7 Å². The van der Waals surface area contributed by atoms with Crippen LogP contribution >= 0.6 is 24.4 Å². The molecule has 37 heavy (non-hydrogen) atoms. The molecule has 0 saturated carbocycles. The van der Waals surface area contributed by atoms with Gasteiger partial charge >= 0.3 is 0 Å². The Labute approximate surface area is 226 Å². The minimum Gasteiger partial charge on any atom is -0.368 e. The van der Waals surface area contributed by atoms with E-state index in [-0.39, 0.29) is 17.5 Å². The first-order valence-electron chi connectivity index (χ1n) is 11.7. The number of nitrogens with zero attached hydrogens (tertiary/aromatic N) is 7. The van der Waals surface area contributed by atoms with Crippen molar-refractivity contribution in [3.05, 3.63) is 64.6 Å². The summed E-state index contributed by atoms with van der Waals surface area (Å²) in [6, 6.07) is 11.1. The Hall–Kier alpha value is -3.64. The van der Waals surface area contributed by atoms with Crippen LogP contribution < -0.4 is 25.9 Å². The molecule has 0 radical (unpaired) electrons. The Morgan fingerprint density at radius 2 is 1.92 bits per heavy atom. The van der Waals surface area contributed by atoms with Crippen LogP contribution in [-0.4, -0.2) is 58.5 Å². The van der Waals surface area contributed by atoms with Gasteiger partial charge in [-0.2, -0.15) is 4.98 Å². The fraction of sp³-hybridized carbons (Fsp3) is 0.333. The van der Waals surface area contributed by atoms with E-state index in [1.807, 2.05) is 30.3 Å². The van der Waals surface area contributed by atoms with Gasteiger partial charge in [0.2, 0.25) is 5.95 Å². The lowest BCUT2D eigenvalue weighted by molar-refractivity contribution is 0.0816. The SMILES string of the molecule is CC1CCN(c2nc(N)nc3c2C(=O)N(C)C3)C1.CN(N(S)c1ccccc1)n1ccc(Cl)c1C(N)=O. The summed E-state index contributed by atoms with van der Waals surface area (Å²) in [6.07, 6.45) is 2.78. The number of nitrogen functional groups attached to an aromatic ring is 1. The van der Waals surface area contributed by atoms with Crippen LogP contribution in [0.3, 0.4) is 0 Å². The number of halogens is 1. The second-order valence-corrected chi connectivity index (χ2v) is 9.85. The van der Waals surface area contributed by atoms with Crippen LogP contribution in [0.5, 0.6) is 0 Å². The third kappa shape index (κ3) is 5.39. The van der Waals surface area contributed by atoms with Crippen molar-refractivity contribution < 1.29 is 9.59 Å². The summed E-state index contributed by atoms with van der Waals surface area (Å²) in [6.45, 7) is 4.59. The summed E-state index contributed by atoms with van der Waals surface area (Å²) in [7, 11) is 3.51. The van der Waals surface area contributed by atoms with E-state index in [1.165, 1.54) is 4.68 Å². The number of benzene rings is 1. The van der Waals surface area contributed by atoms with Crippen LogP contribution in [-0.2, 0) is 6.54 Å². The molecule has 1 unspecified atom stereocenters. The molecule has 0 bridgehead atoms. The zero-order valence-electron chi connectivity index (χ0n) is 20.9. The molecule has 1 saturated heterocycles. The number of hydrogen-bond donors (Lipinski definition) is 3. The molecular weight excluding hydrogens is 514 g/mol. The van der Waals surface area contributed by atoms with Crippen LogP contribution in [0.1, 0.15) is 39.9 Å². The Kier molecular flexibility index (Phi) is 7.69. The third-order valence-corrected chi connectivity index (χ3v) is 7.07. The number of aromatic nitrogens is 3. The Bertz CT molecular complexity index is 1300. The highest BCUT2D eigenvalue weighted by Gasteiger charge is 2.34. The van der Waals surface area contributed by atoms with Crippen LogP contribution in [0.25, 0.3) is 0 Å². The topological polar surface area (TPSA) is 130 Å². The second kappa shape index (κ2) is 10.8. The normalized spacial score (nSPS) is 16.4. The van der Waals surface area contributed by atoms with Crippen molar-refractivity contribution in [1.29, 1.82) is 0 Å². The summed E-state index contributed by atoms with van der Waals surface area (Å²) >= 11 is 10.3. The summed E-state index contributed by atoms with van der Waals surface area (Å²) < 4.78 is 3.10. The monoisotopic (exact) mass is 543 g/mol. The highest BCUT2D eigenvalue weighted by atomic mass is 35.5. The minimum absolute atomic E-state index is 0.000414. The molecule has 11 nitrogen and oxygen atoms in total. The van der Waals surface area contributed by atoms with Crippen molar-refractivity contribution in [2.24, 2.45) is 11.7 Å². The molecule has 0 aliphatic carbocycles. The zero-order chi connectivity index (χ0) is 26.9. The molecule has 2 aliphatic rings. The lowest BCUT2D eigenvalue weighted by Crippen LogP contribution is -2.43. The van der Waals surface area contributed by atoms with E-state index < -0.39 is 5.91 Å². The molecule has 4 N–H and O–H groups in total. The molecule has 13 heteroatoms. The van der Waals surface area contributed by atoms with Crippen LogP contribution in [0, 0.1) is 5.92 Å². The van der Waals surface area contributed by atoms with Gasteiger partial charge in [0.1, 0.15) is 17.1 Å². The highest BCUT2D eigenvalue weighted by molar-refractivity contribution is 7.81. The molecular formula is C24H30ClN9O2S.